The summed E-state index contributed by atoms with van der Waals surface area (Å²) in [5.41, 5.74) is 2.04. The van der Waals surface area contributed by atoms with Gasteiger partial charge < -0.3 is 9.30 Å². The molecule has 0 atom stereocenters. The van der Waals surface area contributed by atoms with Crippen LogP contribution in [0.4, 0.5) is 0 Å². The summed E-state index contributed by atoms with van der Waals surface area (Å²) in [5.74, 6) is 1.61. The Labute approximate surface area is 163 Å². The van der Waals surface area contributed by atoms with E-state index < -0.39 is 0 Å². The van der Waals surface area contributed by atoms with E-state index in [1.807, 2.05) is 65.8 Å². The van der Waals surface area contributed by atoms with Crippen LogP contribution in [-0.2, 0) is 20.3 Å². The molecule has 26 heavy (non-hydrogen) atoms. The third-order valence-corrected chi connectivity index (χ3v) is 4.93. The fourth-order valence-electron chi connectivity index (χ4n) is 2.82. The molecule has 0 amide bonds. The predicted molar refractivity (Wildman–Crippen MR) is 107 cm³/mol. The maximum absolute atomic E-state index is 6.32. The summed E-state index contributed by atoms with van der Waals surface area (Å²) in [6.07, 6.45) is 0. The highest BCUT2D eigenvalue weighted by Crippen LogP contribution is 2.26. The minimum absolute atomic E-state index is 0.578. The highest BCUT2D eigenvalue weighted by Gasteiger charge is 2.13. The van der Waals surface area contributed by atoms with E-state index in [-0.39, 0.29) is 0 Å². The molecule has 3 rings (SSSR count). The largest absolute Gasteiger partial charge is 0.497 e. The normalized spacial score (nSPS) is 11.1. The van der Waals surface area contributed by atoms with Gasteiger partial charge in [0.05, 0.1) is 18.8 Å². The number of halogens is 1. The lowest BCUT2D eigenvalue weighted by atomic mass is 10.2. The van der Waals surface area contributed by atoms with Crippen molar-refractivity contribution >= 4 is 23.8 Å². The number of benzene rings is 2. The second-order valence-electron chi connectivity index (χ2n) is 6.15. The first-order chi connectivity index (χ1) is 12.5. The van der Waals surface area contributed by atoms with Gasteiger partial charge in [0.2, 0.25) is 0 Å². The number of methoxy groups -OCH3 is 1. The van der Waals surface area contributed by atoms with Gasteiger partial charge in [-0.15, -0.1) is 0 Å². The molecule has 0 N–H and O–H groups in total. The molecule has 0 saturated carbocycles. The molecule has 0 aliphatic carbocycles. The summed E-state index contributed by atoms with van der Waals surface area (Å²) in [6, 6.07) is 15.7. The van der Waals surface area contributed by atoms with Crippen LogP contribution in [0.15, 0.2) is 48.5 Å². The Hall–Kier alpha value is -2.15. The van der Waals surface area contributed by atoms with Gasteiger partial charge in [0, 0.05) is 19.2 Å². The average molecular weight is 389 g/mol. The van der Waals surface area contributed by atoms with Gasteiger partial charge in [-0.1, -0.05) is 35.9 Å². The first kappa shape index (κ1) is 18.6. The molecule has 0 radical (unpaired) electrons. The fraction of sp³-hybridized carbons (Fsp3) is 0.263. The summed E-state index contributed by atoms with van der Waals surface area (Å²) in [7, 11) is 5.62. The van der Waals surface area contributed by atoms with E-state index in [2.05, 4.69) is 16.1 Å². The minimum Gasteiger partial charge on any atom is -0.497 e. The number of ether oxygens (including phenoxy) is 1. The van der Waals surface area contributed by atoms with Crippen LogP contribution in [0.2, 0.25) is 5.02 Å². The number of aromatic nitrogens is 3. The molecule has 1 aromatic heterocycles. The third kappa shape index (κ3) is 3.98. The fourth-order valence-corrected chi connectivity index (χ4v) is 3.22. The molecule has 2 aromatic carbocycles. The molecular formula is C19H21ClN4OS. The quantitative estimate of drug-likeness (QED) is 0.587. The van der Waals surface area contributed by atoms with Gasteiger partial charge in [-0.25, -0.2) is 4.68 Å². The molecule has 7 heteroatoms. The molecule has 5 nitrogen and oxygen atoms in total. The van der Waals surface area contributed by atoms with Crippen molar-refractivity contribution in [2.45, 2.75) is 13.2 Å². The van der Waals surface area contributed by atoms with Crippen LogP contribution in [0.5, 0.6) is 5.75 Å². The lowest BCUT2D eigenvalue weighted by Crippen LogP contribution is -2.22. The van der Waals surface area contributed by atoms with Crippen LogP contribution < -0.4 is 4.74 Å². The molecule has 0 aliphatic rings. The average Bonchev–Trinajstić information content (AvgIpc) is 2.90. The zero-order chi connectivity index (χ0) is 18.7. The van der Waals surface area contributed by atoms with E-state index in [0.717, 1.165) is 23.7 Å². The third-order valence-electron chi connectivity index (χ3n) is 4.12. The van der Waals surface area contributed by atoms with Gasteiger partial charge >= 0.3 is 0 Å². The molecule has 0 unspecified atom stereocenters. The highest BCUT2D eigenvalue weighted by atomic mass is 35.5. The van der Waals surface area contributed by atoms with Crippen LogP contribution in [0.1, 0.15) is 5.56 Å². The van der Waals surface area contributed by atoms with Crippen LogP contribution in [0, 0.1) is 4.77 Å². The van der Waals surface area contributed by atoms with Crippen molar-refractivity contribution in [2.24, 2.45) is 7.05 Å². The summed E-state index contributed by atoms with van der Waals surface area (Å²) in [6.45, 7) is 1.34. The van der Waals surface area contributed by atoms with E-state index in [1.54, 1.807) is 7.11 Å². The van der Waals surface area contributed by atoms with Crippen LogP contribution >= 0.6 is 23.8 Å². The Morgan fingerprint density at radius 3 is 2.69 bits per heavy atom. The van der Waals surface area contributed by atoms with E-state index >= 15 is 0 Å². The molecule has 0 aliphatic heterocycles. The summed E-state index contributed by atoms with van der Waals surface area (Å²) in [5, 5.41) is 5.34. The van der Waals surface area contributed by atoms with Crippen molar-refractivity contribution in [2.75, 3.05) is 14.2 Å². The topological polar surface area (TPSA) is 35.2 Å². The van der Waals surface area contributed by atoms with Gasteiger partial charge in [0.1, 0.15) is 5.75 Å². The Morgan fingerprint density at radius 2 is 1.96 bits per heavy atom. The first-order valence-electron chi connectivity index (χ1n) is 8.20. The first-order valence-corrected chi connectivity index (χ1v) is 8.98. The Kier molecular flexibility index (Phi) is 5.76. The maximum atomic E-state index is 6.32. The maximum Gasteiger partial charge on any atom is 0.199 e. The monoisotopic (exact) mass is 388 g/mol. The Morgan fingerprint density at radius 1 is 1.19 bits per heavy atom. The summed E-state index contributed by atoms with van der Waals surface area (Å²) < 4.78 is 9.63. The minimum atomic E-state index is 0.578. The van der Waals surface area contributed by atoms with Crippen LogP contribution in [0.3, 0.4) is 0 Å². The van der Waals surface area contributed by atoms with Crippen molar-refractivity contribution in [3.05, 3.63) is 63.9 Å². The molecule has 136 valence electrons. The highest BCUT2D eigenvalue weighted by molar-refractivity contribution is 7.71. The summed E-state index contributed by atoms with van der Waals surface area (Å²) in [4.78, 5) is 2.15. The molecule has 0 bridgehead atoms. The number of hydrogen-bond acceptors (Lipinski definition) is 4. The van der Waals surface area contributed by atoms with E-state index in [4.69, 9.17) is 28.6 Å². The molecule has 3 aromatic rings. The summed E-state index contributed by atoms with van der Waals surface area (Å²) >= 11 is 11.9. The smallest absolute Gasteiger partial charge is 0.199 e. The van der Waals surface area contributed by atoms with Gasteiger partial charge in [0.25, 0.3) is 0 Å². The van der Waals surface area contributed by atoms with E-state index in [9.17, 15) is 0 Å². The number of rotatable bonds is 6. The zero-order valence-corrected chi connectivity index (χ0v) is 16.6. The molecule has 0 fully saturated rings. The standard InChI is InChI=1S/C19H21ClN4OS/c1-22(12-14-7-6-8-15(11-14)25-3)13-24-19(26)23(2)18(21-24)16-9-4-5-10-17(16)20/h4-11H,12-13H2,1-3H3. The van der Waals surface area contributed by atoms with Crippen molar-refractivity contribution in [3.8, 4) is 17.1 Å². The van der Waals surface area contributed by atoms with Gasteiger partial charge in [-0.3, -0.25) is 4.90 Å². The van der Waals surface area contributed by atoms with Gasteiger partial charge in [-0.05, 0) is 49.1 Å². The van der Waals surface area contributed by atoms with E-state index in [0.29, 0.717) is 16.5 Å². The van der Waals surface area contributed by atoms with Crippen molar-refractivity contribution in [1.82, 2.24) is 19.2 Å². The zero-order valence-electron chi connectivity index (χ0n) is 15.0. The van der Waals surface area contributed by atoms with Gasteiger partial charge in [-0.2, -0.15) is 5.10 Å². The second kappa shape index (κ2) is 8.03. The molecular weight excluding hydrogens is 368 g/mol. The predicted octanol–water partition coefficient (Wildman–Crippen LogP) is 4.37. The number of hydrogen-bond donors (Lipinski definition) is 0. The Balaban J connectivity index is 1.81. The van der Waals surface area contributed by atoms with Gasteiger partial charge in [0.15, 0.2) is 10.6 Å². The second-order valence-corrected chi connectivity index (χ2v) is 6.92. The van der Waals surface area contributed by atoms with Crippen LogP contribution in [0.25, 0.3) is 11.4 Å². The lowest BCUT2D eigenvalue weighted by molar-refractivity contribution is 0.244. The molecule has 0 spiro atoms. The van der Waals surface area contributed by atoms with Crippen molar-refractivity contribution in [3.63, 3.8) is 0 Å². The van der Waals surface area contributed by atoms with E-state index in [1.165, 1.54) is 5.56 Å². The number of nitrogens with zero attached hydrogens (tertiary/aromatic N) is 4. The SMILES string of the molecule is COc1cccc(CN(C)Cn2nc(-c3ccccc3Cl)n(C)c2=S)c1. The molecule has 0 saturated heterocycles. The van der Waals surface area contributed by atoms with Crippen LogP contribution in [-0.4, -0.2) is 33.4 Å². The van der Waals surface area contributed by atoms with Crippen molar-refractivity contribution in [1.29, 1.82) is 0 Å². The Bertz CT molecular complexity index is 966. The lowest BCUT2D eigenvalue weighted by Gasteiger charge is -2.16. The molecule has 1 heterocycles. The van der Waals surface area contributed by atoms with Crippen molar-refractivity contribution < 1.29 is 4.74 Å².